The van der Waals surface area contributed by atoms with E-state index in [0.717, 1.165) is 25.9 Å². The van der Waals surface area contributed by atoms with Crippen LogP contribution in [-0.4, -0.2) is 48.9 Å². The average molecular weight is 268 g/mol. The van der Waals surface area contributed by atoms with Crippen LogP contribution < -0.4 is 0 Å². The summed E-state index contributed by atoms with van der Waals surface area (Å²) in [6.45, 7) is 8.65. The number of amides is 1. The Bertz CT molecular complexity index is 276. The van der Waals surface area contributed by atoms with E-state index in [2.05, 4.69) is 44.7 Å². The van der Waals surface area contributed by atoms with E-state index in [0.29, 0.717) is 23.8 Å². The quantitative estimate of drug-likeness (QED) is 0.739. The zero-order valence-corrected chi connectivity index (χ0v) is 13.5. The Kier molecular flexibility index (Phi) is 6.84. The van der Waals surface area contributed by atoms with Gasteiger partial charge in [-0.2, -0.15) is 0 Å². The summed E-state index contributed by atoms with van der Waals surface area (Å²) in [7, 11) is 4.19. The first-order chi connectivity index (χ1) is 8.90. The van der Waals surface area contributed by atoms with E-state index in [1.165, 1.54) is 19.3 Å². The first-order valence-electron chi connectivity index (χ1n) is 7.84. The van der Waals surface area contributed by atoms with Gasteiger partial charge in [-0.05, 0) is 51.6 Å². The maximum absolute atomic E-state index is 12.5. The Balaban J connectivity index is 2.51. The molecule has 0 saturated carbocycles. The second kappa shape index (κ2) is 7.88. The standard InChI is InChI=1S/C16H32N2O/c1-13(2)10-14(3)11-16(19)18-9-7-6-8-15(18)12-17(4)5/h13-15H,6-12H2,1-5H3. The van der Waals surface area contributed by atoms with Gasteiger partial charge in [0.2, 0.25) is 5.91 Å². The number of hydrogen-bond donors (Lipinski definition) is 0. The second-order valence-corrected chi connectivity index (χ2v) is 6.94. The largest absolute Gasteiger partial charge is 0.338 e. The summed E-state index contributed by atoms with van der Waals surface area (Å²) in [4.78, 5) is 16.8. The minimum Gasteiger partial charge on any atom is -0.338 e. The highest BCUT2D eigenvalue weighted by Gasteiger charge is 2.27. The summed E-state index contributed by atoms with van der Waals surface area (Å²) in [5, 5.41) is 0. The van der Waals surface area contributed by atoms with E-state index < -0.39 is 0 Å². The molecular weight excluding hydrogens is 236 g/mol. The summed E-state index contributed by atoms with van der Waals surface area (Å²) < 4.78 is 0. The topological polar surface area (TPSA) is 23.6 Å². The van der Waals surface area contributed by atoms with Gasteiger partial charge in [0.05, 0.1) is 0 Å². The summed E-state index contributed by atoms with van der Waals surface area (Å²) in [5.41, 5.74) is 0. The lowest BCUT2D eigenvalue weighted by atomic mass is 9.94. The molecule has 0 N–H and O–H groups in total. The van der Waals surface area contributed by atoms with E-state index in [-0.39, 0.29) is 0 Å². The molecule has 0 radical (unpaired) electrons. The Morgan fingerprint density at radius 1 is 1.26 bits per heavy atom. The molecule has 112 valence electrons. The monoisotopic (exact) mass is 268 g/mol. The number of piperidine rings is 1. The predicted molar refractivity (Wildman–Crippen MR) is 81.1 cm³/mol. The SMILES string of the molecule is CC(C)CC(C)CC(=O)N1CCCCC1CN(C)C. The fraction of sp³-hybridized carbons (Fsp3) is 0.938. The normalized spacial score (nSPS) is 22.1. The molecule has 1 saturated heterocycles. The van der Waals surface area contributed by atoms with Crippen LogP contribution in [0.3, 0.4) is 0 Å². The highest BCUT2D eigenvalue weighted by atomic mass is 16.2. The number of carbonyl (C=O) groups excluding carboxylic acids is 1. The molecule has 0 aromatic carbocycles. The lowest BCUT2D eigenvalue weighted by molar-refractivity contribution is -0.136. The van der Waals surface area contributed by atoms with Gasteiger partial charge in [0.25, 0.3) is 0 Å². The van der Waals surface area contributed by atoms with E-state index in [9.17, 15) is 4.79 Å². The van der Waals surface area contributed by atoms with Crippen molar-refractivity contribution >= 4 is 5.91 Å². The number of likely N-dealkylation sites (tertiary alicyclic amines) is 1. The zero-order valence-electron chi connectivity index (χ0n) is 13.5. The number of rotatable bonds is 6. The molecule has 1 aliphatic rings. The predicted octanol–water partition coefficient (Wildman–Crippen LogP) is 3.00. The molecule has 0 bridgehead atoms. The van der Waals surface area contributed by atoms with Crippen LogP contribution in [0.1, 0.15) is 52.9 Å². The molecule has 0 aromatic rings. The number of hydrogen-bond acceptors (Lipinski definition) is 2. The zero-order chi connectivity index (χ0) is 14.4. The van der Waals surface area contributed by atoms with Crippen molar-refractivity contribution in [2.24, 2.45) is 11.8 Å². The number of likely N-dealkylation sites (N-methyl/N-ethyl adjacent to an activating group) is 1. The Labute approximate surface area is 119 Å². The van der Waals surface area contributed by atoms with Crippen LogP contribution in [-0.2, 0) is 4.79 Å². The van der Waals surface area contributed by atoms with E-state index >= 15 is 0 Å². The molecule has 1 rings (SSSR count). The van der Waals surface area contributed by atoms with Gasteiger partial charge in [-0.1, -0.05) is 20.8 Å². The molecule has 1 amide bonds. The minimum atomic E-state index is 0.375. The number of carbonyl (C=O) groups is 1. The van der Waals surface area contributed by atoms with Gasteiger partial charge in [-0.15, -0.1) is 0 Å². The Morgan fingerprint density at radius 3 is 2.53 bits per heavy atom. The van der Waals surface area contributed by atoms with Gasteiger partial charge >= 0.3 is 0 Å². The molecule has 19 heavy (non-hydrogen) atoms. The first-order valence-corrected chi connectivity index (χ1v) is 7.84. The van der Waals surface area contributed by atoms with Gasteiger partial charge in [-0.3, -0.25) is 4.79 Å². The Hall–Kier alpha value is -0.570. The number of nitrogens with zero attached hydrogens (tertiary/aromatic N) is 2. The maximum Gasteiger partial charge on any atom is 0.223 e. The first kappa shape index (κ1) is 16.5. The molecule has 1 fully saturated rings. The van der Waals surface area contributed by atoms with Crippen LogP contribution in [0, 0.1) is 11.8 Å². The van der Waals surface area contributed by atoms with Crippen LogP contribution in [0.5, 0.6) is 0 Å². The van der Waals surface area contributed by atoms with Gasteiger partial charge < -0.3 is 9.80 Å². The molecule has 3 nitrogen and oxygen atoms in total. The molecule has 0 aliphatic carbocycles. The summed E-state index contributed by atoms with van der Waals surface area (Å²) in [6, 6.07) is 0.433. The van der Waals surface area contributed by atoms with Crippen LogP contribution in [0.25, 0.3) is 0 Å². The maximum atomic E-state index is 12.5. The summed E-state index contributed by atoms with van der Waals surface area (Å²) in [6.07, 6.45) is 5.49. The lowest BCUT2D eigenvalue weighted by Crippen LogP contribution is -2.48. The van der Waals surface area contributed by atoms with Crippen molar-refractivity contribution < 1.29 is 4.79 Å². The third-order valence-corrected chi connectivity index (χ3v) is 3.92. The van der Waals surface area contributed by atoms with Crippen molar-refractivity contribution in [3.63, 3.8) is 0 Å². The summed E-state index contributed by atoms with van der Waals surface area (Å²) >= 11 is 0. The third-order valence-electron chi connectivity index (χ3n) is 3.92. The molecule has 3 heteroatoms. The van der Waals surface area contributed by atoms with Gasteiger partial charge in [0.15, 0.2) is 0 Å². The van der Waals surface area contributed by atoms with Crippen LogP contribution in [0.2, 0.25) is 0 Å². The van der Waals surface area contributed by atoms with Crippen molar-refractivity contribution in [3.8, 4) is 0 Å². The Morgan fingerprint density at radius 2 is 1.95 bits per heavy atom. The van der Waals surface area contributed by atoms with E-state index in [4.69, 9.17) is 0 Å². The molecule has 0 spiro atoms. The molecule has 0 aromatic heterocycles. The van der Waals surface area contributed by atoms with E-state index in [1.54, 1.807) is 0 Å². The molecule has 1 aliphatic heterocycles. The minimum absolute atomic E-state index is 0.375. The molecule has 2 atom stereocenters. The summed E-state index contributed by atoms with van der Waals surface area (Å²) in [5.74, 6) is 1.57. The van der Waals surface area contributed by atoms with Crippen molar-refractivity contribution in [3.05, 3.63) is 0 Å². The van der Waals surface area contributed by atoms with Crippen molar-refractivity contribution in [2.45, 2.75) is 58.9 Å². The van der Waals surface area contributed by atoms with Gasteiger partial charge in [0.1, 0.15) is 0 Å². The van der Waals surface area contributed by atoms with E-state index in [1.807, 2.05) is 0 Å². The van der Waals surface area contributed by atoms with Crippen molar-refractivity contribution in [1.29, 1.82) is 0 Å². The second-order valence-electron chi connectivity index (χ2n) is 6.94. The van der Waals surface area contributed by atoms with Crippen molar-refractivity contribution in [1.82, 2.24) is 9.80 Å². The highest BCUT2D eigenvalue weighted by molar-refractivity contribution is 5.76. The van der Waals surface area contributed by atoms with Crippen molar-refractivity contribution in [2.75, 3.05) is 27.2 Å². The fourth-order valence-electron chi connectivity index (χ4n) is 3.24. The smallest absolute Gasteiger partial charge is 0.223 e. The van der Waals surface area contributed by atoms with Crippen LogP contribution in [0.15, 0.2) is 0 Å². The molecule has 1 heterocycles. The highest BCUT2D eigenvalue weighted by Crippen LogP contribution is 2.22. The third kappa shape index (κ3) is 5.94. The van der Waals surface area contributed by atoms with Crippen LogP contribution >= 0.6 is 0 Å². The fourth-order valence-corrected chi connectivity index (χ4v) is 3.24. The lowest BCUT2D eigenvalue weighted by Gasteiger charge is -2.38. The average Bonchev–Trinajstić information content (AvgIpc) is 2.27. The molecule has 2 unspecified atom stereocenters. The van der Waals surface area contributed by atoms with Gasteiger partial charge in [0, 0.05) is 25.6 Å². The van der Waals surface area contributed by atoms with Crippen LogP contribution in [0.4, 0.5) is 0 Å². The van der Waals surface area contributed by atoms with Gasteiger partial charge in [-0.25, -0.2) is 0 Å². The molecular formula is C16H32N2O.